The largest absolute Gasteiger partial charge is 0.502 e. The Morgan fingerprint density at radius 1 is 0.645 bits per heavy atom. The van der Waals surface area contributed by atoms with Crippen LogP contribution in [0.4, 0.5) is 0 Å². The number of aliphatic hydroxyl groups is 2. The zero-order chi connectivity index (χ0) is 22.7. The second-order valence-corrected chi connectivity index (χ2v) is 7.22. The van der Waals surface area contributed by atoms with Gasteiger partial charge in [-0.1, -0.05) is 0 Å². The number of phenols is 2. The molecule has 1 fully saturated rings. The van der Waals surface area contributed by atoms with Gasteiger partial charge in [0, 0.05) is 25.0 Å². The second kappa shape index (κ2) is 9.51. The van der Waals surface area contributed by atoms with Gasteiger partial charge in [0.25, 0.3) is 0 Å². The smallest absolute Gasteiger partial charge is 0.200 e. The molecular formula is C22H28O9. The number of phenolic OH excluding ortho intramolecular Hbond substituents is 2. The van der Waals surface area contributed by atoms with E-state index < -0.39 is 24.0 Å². The molecule has 0 unspecified atom stereocenters. The van der Waals surface area contributed by atoms with Crippen LogP contribution in [0, 0.1) is 11.8 Å². The first-order valence-electron chi connectivity index (χ1n) is 9.70. The SMILES string of the molecule is COc1cc([C@@H]2O[C@@H](c3cc(OC)c(O)c(OC)c3)[C@@H](CO)[C@H]2CO)cc(OC)c1O. The quantitative estimate of drug-likeness (QED) is 0.492. The molecule has 3 rings (SSSR count). The van der Waals surface area contributed by atoms with Crippen molar-refractivity contribution in [1.82, 2.24) is 0 Å². The van der Waals surface area contributed by atoms with Gasteiger partial charge >= 0.3 is 0 Å². The molecule has 4 N–H and O–H groups in total. The van der Waals surface area contributed by atoms with Gasteiger partial charge in [-0.05, 0) is 35.4 Å². The van der Waals surface area contributed by atoms with Crippen LogP contribution in [-0.2, 0) is 4.74 Å². The maximum absolute atomic E-state index is 10.2. The third-order valence-electron chi connectivity index (χ3n) is 5.70. The first-order chi connectivity index (χ1) is 14.9. The van der Waals surface area contributed by atoms with Crippen LogP contribution < -0.4 is 18.9 Å². The topological polar surface area (TPSA) is 127 Å². The summed E-state index contributed by atoms with van der Waals surface area (Å²) in [5.74, 6) is -0.401. The van der Waals surface area contributed by atoms with E-state index in [0.29, 0.717) is 11.1 Å². The van der Waals surface area contributed by atoms with Gasteiger partial charge in [-0.2, -0.15) is 0 Å². The summed E-state index contributed by atoms with van der Waals surface area (Å²) in [6.07, 6.45) is -1.25. The van der Waals surface area contributed by atoms with Gasteiger partial charge in [-0.15, -0.1) is 0 Å². The lowest BCUT2D eigenvalue weighted by molar-refractivity contribution is 0.0180. The minimum atomic E-state index is -0.624. The standard InChI is InChI=1S/C22H28O9/c1-27-15-5-11(6-16(28-2)19(15)25)21-13(9-23)14(10-24)22(31-21)12-7-17(29-3)20(26)18(8-12)30-4/h5-8,13-14,21-26H,9-10H2,1-4H3/t13-,14+,21-,22-/m0/s1. The Kier molecular flexibility index (Phi) is 6.99. The average molecular weight is 436 g/mol. The highest BCUT2D eigenvalue weighted by atomic mass is 16.5. The average Bonchev–Trinajstić information content (AvgIpc) is 3.18. The van der Waals surface area contributed by atoms with Crippen molar-refractivity contribution in [3.8, 4) is 34.5 Å². The molecule has 31 heavy (non-hydrogen) atoms. The van der Waals surface area contributed by atoms with E-state index in [1.54, 1.807) is 24.3 Å². The molecule has 9 heteroatoms. The van der Waals surface area contributed by atoms with E-state index >= 15 is 0 Å². The van der Waals surface area contributed by atoms with E-state index in [9.17, 15) is 20.4 Å². The fraction of sp³-hybridized carbons (Fsp3) is 0.455. The number of hydrogen-bond donors (Lipinski definition) is 4. The molecule has 1 saturated heterocycles. The highest BCUT2D eigenvalue weighted by Crippen LogP contribution is 2.52. The van der Waals surface area contributed by atoms with Gasteiger partial charge in [-0.3, -0.25) is 0 Å². The van der Waals surface area contributed by atoms with Gasteiger partial charge < -0.3 is 44.1 Å². The lowest BCUT2D eigenvalue weighted by atomic mass is 9.83. The molecule has 0 amide bonds. The van der Waals surface area contributed by atoms with Crippen molar-refractivity contribution in [2.24, 2.45) is 11.8 Å². The fourth-order valence-corrected chi connectivity index (χ4v) is 4.08. The zero-order valence-corrected chi connectivity index (χ0v) is 17.9. The summed E-state index contributed by atoms with van der Waals surface area (Å²) in [7, 11) is 5.69. The van der Waals surface area contributed by atoms with Crippen LogP contribution in [0.3, 0.4) is 0 Å². The Hall–Kier alpha value is -2.88. The molecule has 1 heterocycles. The van der Waals surface area contributed by atoms with E-state index in [-0.39, 0.29) is 47.7 Å². The molecule has 0 radical (unpaired) electrons. The van der Waals surface area contributed by atoms with Crippen LogP contribution in [0.15, 0.2) is 24.3 Å². The number of benzene rings is 2. The predicted octanol–water partition coefficient (Wildman–Crippen LogP) is 2.16. The lowest BCUT2D eigenvalue weighted by Crippen LogP contribution is -2.23. The molecule has 2 aromatic rings. The van der Waals surface area contributed by atoms with Crippen molar-refractivity contribution >= 4 is 0 Å². The minimum Gasteiger partial charge on any atom is -0.502 e. The second-order valence-electron chi connectivity index (χ2n) is 7.22. The van der Waals surface area contributed by atoms with E-state index in [2.05, 4.69) is 0 Å². The summed E-state index contributed by atoms with van der Waals surface area (Å²) >= 11 is 0. The van der Waals surface area contributed by atoms with Gasteiger partial charge in [0.1, 0.15) is 0 Å². The number of ether oxygens (including phenoxy) is 5. The van der Waals surface area contributed by atoms with E-state index in [0.717, 1.165) is 0 Å². The molecule has 1 aliphatic heterocycles. The molecule has 2 aromatic carbocycles. The molecule has 0 aromatic heterocycles. The van der Waals surface area contributed by atoms with Crippen molar-refractivity contribution in [2.45, 2.75) is 12.2 Å². The first kappa shape index (κ1) is 22.8. The molecule has 0 spiro atoms. The van der Waals surface area contributed by atoms with Crippen LogP contribution in [0.2, 0.25) is 0 Å². The maximum Gasteiger partial charge on any atom is 0.200 e. The molecule has 9 nitrogen and oxygen atoms in total. The molecule has 1 aliphatic rings. The Bertz CT molecular complexity index is 790. The van der Waals surface area contributed by atoms with Crippen molar-refractivity contribution in [1.29, 1.82) is 0 Å². The summed E-state index contributed by atoms with van der Waals surface area (Å²) in [5, 5.41) is 40.7. The van der Waals surface area contributed by atoms with Crippen molar-refractivity contribution in [3.05, 3.63) is 35.4 Å². The van der Waals surface area contributed by atoms with E-state index in [4.69, 9.17) is 23.7 Å². The fourth-order valence-electron chi connectivity index (χ4n) is 4.08. The number of methoxy groups -OCH3 is 4. The first-order valence-corrected chi connectivity index (χ1v) is 9.70. The van der Waals surface area contributed by atoms with Gasteiger partial charge in [-0.25, -0.2) is 0 Å². The van der Waals surface area contributed by atoms with Gasteiger partial charge in [0.2, 0.25) is 11.5 Å². The van der Waals surface area contributed by atoms with E-state index in [1.165, 1.54) is 28.4 Å². The molecular weight excluding hydrogens is 408 g/mol. The van der Waals surface area contributed by atoms with Crippen molar-refractivity contribution in [2.75, 3.05) is 41.7 Å². The summed E-state index contributed by atoms with van der Waals surface area (Å²) in [6, 6.07) is 6.44. The number of aromatic hydroxyl groups is 2. The Morgan fingerprint density at radius 3 is 1.16 bits per heavy atom. The van der Waals surface area contributed by atoms with Crippen LogP contribution >= 0.6 is 0 Å². The monoisotopic (exact) mass is 436 g/mol. The summed E-state index contributed by atoms with van der Waals surface area (Å²) in [5.41, 5.74) is 1.23. The third kappa shape index (κ3) is 4.04. The highest BCUT2D eigenvalue weighted by Gasteiger charge is 2.46. The Morgan fingerprint density at radius 2 is 0.935 bits per heavy atom. The molecule has 170 valence electrons. The number of hydrogen-bond acceptors (Lipinski definition) is 9. The number of aliphatic hydroxyl groups excluding tert-OH is 2. The highest BCUT2D eigenvalue weighted by molar-refractivity contribution is 5.55. The zero-order valence-electron chi connectivity index (χ0n) is 17.9. The van der Waals surface area contributed by atoms with Gasteiger partial charge in [0.15, 0.2) is 23.0 Å². The van der Waals surface area contributed by atoms with Crippen LogP contribution in [-0.4, -0.2) is 62.1 Å². The van der Waals surface area contributed by atoms with Crippen LogP contribution in [0.5, 0.6) is 34.5 Å². The number of rotatable bonds is 8. The predicted molar refractivity (Wildman–Crippen MR) is 110 cm³/mol. The van der Waals surface area contributed by atoms with Crippen molar-refractivity contribution in [3.63, 3.8) is 0 Å². The van der Waals surface area contributed by atoms with E-state index in [1.807, 2.05) is 0 Å². The molecule has 0 bridgehead atoms. The normalized spacial score (nSPS) is 22.9. The van der Waals surface area contributed by atoms with Crippen LogP contribution in [0.25, 0.3) is 0 Å². The van der Waals surface area contributed by atoms with Crippen molar-refractivity contribution < 1.29 is 44.1 Å². The van der Waals surface area contributed by atoms with Gasteiger partial charge in [0.05, 0.1) is 40.6 Å². The maximum atomic E-state index is 10.2. The minimum absolute atomic E-state index is 0.143. The molecule has 0 saturated carbocycles. The molecule has 4 atom stereocenters. The Labute approximate surface area is 180 Å². The summed E-state index contributed by atoms with van der Waals surface area (Å²) < 4.78 is 27.3. The molecule has 0 aliphatic carbocycles. The Balaban J connectivity index is 2.07. The lowest BCUT2D eigenvalue weighted by Gasteiger charge is -2.22. The third-order valence-corrected chi connectivity index (χ3v) is 5.70. The summed E-state index contributed by atoms with van der Waals surface area (Å²) in [6.45, 7) is -0.492. The van der Waals surface area contributed by atoms with Crippen LogP contribution in [0.1, 0.15) is 23.3 Å². The summed E-state index contributed by atoms with van der Waals surface area (Å²) in [4.78, 5) is 0.